The van der Waals surface area contributed by atoms with Crippen LogP contribution in [0.5, 0.6) is 23.0 Å². The minimum Gasteiger partial charge on any atom is -0.497 e. The Kier molecular flexibility index (Phi) is 7.23. The second-order valence-electron chi connectivity index (χ2n) is 8.01. The Morgan fingerprint density at radius 1 is 0.939 bits per heavy atom. The number of hydrogen-bond donors (Lipinski definition) is 2. The van der Waals surface area contributed by atoms with Crippen molar-refractivity contribution in [3.63, 3.8) is 0 Å². The van der Waals surface area contributed by atoms with E-state index in [2.05, 4.69) is 5.32 Å². The fraction of sp³-hybridized carbons (Fsp3) is 0.231. The van der Waals surface area contributed by atoms with Crippen molar-refractivity contribution in [1.29, 1.82) is 0 Å². The van der Waals surface area contributed by atoms with Crippen LogP contribution in [0.25, 0.3) is 0 Å². The van der Waals surface area contributed by atoms with Crippen LogP contribution in [0.3, 0.4) is 0 Å². The molecule has 3 rings (SSSR count). The summed E-state index contributed by atoms with van der Waals surface area (Å²) in [6.45, 7) is 5.18. The van der Waals surface area contributed by atoms with E-state index in [0.29, 0.717) is 29.4 Å². The number of carboxylic acids is 1. The summed E-state index contributed by atoms with van der Waals surface area (Å²) in [6, 6.07) is 19.5. The Balaban J connectivity index is 1.65. The van der Waals surface area contributed by atoms with Crippen molar-refractivity contribution < 1.29 is 28.9 Å². The van der Waals surface area contributed by atoms with E-state index in [4.69, 9.17) is 14.2 Å². The Labute approximate surface area is 192 Å². The summed E-state index contributed by atoms with van der Waals surface area (Å²) < 4.78 is 16.7. The number of ether oxygens (including phenoxy) is 3. The van der Waals surface area contributed by atoms with Crippen LogP contribution in [-0.4, -0.2) is 29.7 Å². The van der Waals surface area contributed by atoms with Crippen LogP contribution < -0.4 is 19.5 Å². The van der Waals surface area contributed by atoms with Crippen LogP contribution in [0, 0.1) is 6.92 Å². The summed E-state index contributed by atoms with van der Waals surface area (Å²) in [5.74, 6) is 1.00. The third kappa shape index (κ3) is 6.26. The van der Waals surface area contributed by atoms with Gasteiger partial charge in [0.1, 0.15) is 23.0 Å². The second kappa shape index (κ2) is 10.1. The van der Waals surface area contributed by atoms with Gasteiger partial charge in [-0.15, -0.1) is 0 Å². The molecule has 0 heterocycles. The molecule has 33 heavy (non-hydrogen) atoms. The molecule has 0 radical (unpaired) electrons. The Bertz CT molecular complexity index is 1140. The van der Waals surface area contributed by atoms with Gasteiger partial charge in [0, 0.05) is 12.1 Å². The fourth-order valence-corrected chi connectivity index (χ4v) is 2.98. The minimum absolute atomic E-state index is 0.216. The quantitative estimate of drug-likeness (QED) is 0.479. The number of carboxylic acid groups (broad SMARTS) is 1. The molecule has 0 aliphatic rings. The normalized spacial score (nSPS) is 10.9. The van der Waals surface area contributed by atoms with E-state index in [1.165, 1.54) is 13.8 Å². The summed E-state index contributed by atoms with van der Waals surface area (Å²) in [6.07, 6.45) is 0. The molecule has 0 unspecified atom stereocenters. The topological polar surface area (TPSA) is 94.1 Å². The van der Waals surface area contributed by atoms with Crippen LogP contribution in [0.1, 0.15) is 35.3 Å². The zero-order valence-corrected chi connectivity index (χ0v) is 19.0. The number of nitrogens with one attached hydrogen (secondary N) is 1. The number of amides is 1. The minimum atomic E-state index is -1.35. The first-order valence-electron chi connectivity index (χ1n) is 10.4. The smallest absolute Gasteiger partial charge is 0.347 e. The van der Waals surface area contributed by atoms with Crippen LogP contribution in [-0.2, 0) is 11.3 Å². The zero-order valence-electron chi connectivity index (χ0n) is 19.0. The molecular formula is C26H27NO6. The number of carbonyl (C=O) groups excluding carboxylic acids is 1. The summed E-state index contributed by atoms with van der Waals surface area (Å²) in [7, 11) is 1.61. The first kappa shape index (κ1) is 23.7. The van der Waals surface area contributed by atoms with E-state index >= 15 is 0 Å². The molecule has 3 aromatic carbocycles. The number of carbonyl (C=O) groups is 2. The van der Waals surface area contributed by atoms with Gasteiger partial charge in [0.25, 0.3) is 5.91 Å². The maximum absolute atomic E-state index is 12.6. The number of hydrogen-bond acceptors (Lipinski definition) is 5. The van der Waals surface area contributed by atoms with E-state index in [1.807, 2.05) is 31.2 Å². The molecule has 3 aromatic rings. The molecule has 0 aliphatic carbocycles. The van der Waals surface area contributed by atoms with Crippen LogP contribution in [0.15, 0.2) is 66.7 Å². The van der Waals surface area contributed by atoms with Crippen LogP contribution >= 0.6 is 0 Å². The molecule has 0 saturated heterocycles. The van der Waals surface area contributed by atoms with Crippen molar-refractivity contribution in [1.82, 2.24) is 5.32 Å². The monoisotopic (exact) mass is 449 g/mol. The first-order chi connectivity index (χ1) is 15.7. The molecule has 0 atom stereocenters. The molecule has 7 nitrogen and oxygen atoms in total. The lowest BCUT2D eigenvalue weighted by Crippen LogP contribution is -2.38. The highest BCUT2D eigenvalue weighted by Crippen LogP contribution is 2.30. The molecule has 1 amide bonds. The average molecular weight is 450 g/mol. The summed E-state index contributed by atoms with van der Waals surface area (Å²) >= 11 is 0. The van der Waals surface area contributed by atoms with Crippen molar-refractivity contribution in [2.75, 3.05) is 7.11 Å². The van der Waals surface area contributed by atoms with Crippen LogP contribution in [0.2, 0.25) is 0 Å². The summed E-state index contributed by atoms with van der Waals surface area (Å²) in [5, 5.41) is 12.1. The molecule has 0 spiro atoms. The van der Waals surface area contributed by atoms with Gasteiger partial charge in [-0.05, 0) is 80.4 Å². The lowest BCUT2D eigenvalue weighted by molar-refractivity contribution is -0.152. The van der Waals surface area contributed by atoms with Crippen molar-refractivity contribution in [2.45, 2.75) is 32.9 Å². The maximum atomic E-state index is 12.6. The maximum Gasteiger partial charge on any atom is 0.347 e. The van der Waals surface area contributed by atoms with Crippen molar-refractivity contribution in [2.24, 2.45) is 0 Å². The SMILES string of the molecule is COc1ccc(CNC(=O)c2cccc(Oc3ccc(OC(C)(C)C(=O)O)c(C)c3)c2)cc1. The Morgan fingerprint density at radius 2 is 1.61 bits per heavy atom. The number of aryl methyl sites for hydroxylation is 1. The molecule has 0 fully saturated rings. The number of rotatable bonds is 9. The van der Waals surface area contributed by atoms with E-state index in [0.717, 1.165) is 16.9 Å². The van der Waals surface area contributed by atoms with E-state index in [1.54, 1.807) is 49.6 Å². The highest BCUT2D eigenvalue weighted by molar-refractivity contribution is 5.94. The Morgan fingerprint density at radius 3 is 2.24 bits per heavy atom. The highest BCUT2D eigenvalue weighted by atomic mass is 16.5. The summed E-state index contributed by atoms with van der Waals surface area (Å²) in [5.41, 5.74) is 0.817. The van der Waals surface area contributed by atoms with E-state index < -0.39 is 11.6 Å². The van der Waals surface area contributed by atoms with Crippen LogP contribution in [0.4, 0.5) is 0 Å². The van der Waals surface area contributed by atoms with Gasteiger partial charge in [0.2, 0.25) is 0 Å². The van der Waals surface area contributed by atoms with E-state index in [9.17, 15) is 14.7 Å². The molecule has 172 valence electrons. The predicted octanol–water partition coefficient (Wildman–Crippen LogP) is 4.97. The van der Waals surface area contributed by atoms with Crippen molar-refractivity contribution in [3.05, 3.63) is 83.4 Å². The van der Waals surface area contributed by atoms with Gasteiger partial charge >= 0.3 is 5.97 Å². The third-order valence-corrected chi connectivity index (χ3v) is 4.97. The van der Waals surface area contributed by atoms with Crippen molar-refractivity contribution >= 4 is 11.9 Å². The standard InChI is InChI=1S/C26H27NO6/c1-17-14-22(12-13-23(17)33-26(2,3)25(29)30)32-21-7-5-6-19(15-21)24(28)27-16-18-8-10-20(31-4)11-9-18/h5-15H,16H2,1-4H3,(H,27,28)(H,29,30). The number of benzene rings is 3. The molecule has 0 aliphatic heterocycles. The second-order valence-corrected chi connectivity index (χ2v) is 8.01. The molecule has 0 aromatic heterocycles. The fourth-order valence-electron chi connectivity index (χ4n) is 2.98. The lowest BCUT2D eigenvalue weighted by atomic mass is 10.1. The molecule has 0 saturated carbocycles. The van der Waals surface area contributed by atoms with Gasteiger partial charge < -0.3 is 24.6 Å². The average Bonchev–Trinajstić information content (AvgIpc) is 2.79. The zero-order chi connectivity index (χ0) is 24.0. The number of methoxy groups -OCH3 is 1. The van der Waals surface area contributed by atoms with Gasteiger partial charge in [-0.25, -0.2) is 4.79 Å². The van der Waals surface area contributed by atoms with Gasteiger partial charge in [0.15, 0.2) is 5.60 Å². The number of aliphatic carboxylic acids is 1. The molecular weight excluding hydrogens is 422 g/mol. The first-order valence-corrected chi connectivity index (χ1v) is 10.4. The summed E-state index contributed by atoms with van der Waals surface area (Å²) in [4.78, 5) is 23.9. The third-order valence-electron chi connectivity index (χ3n) is 4.97. The van der Waals surface area contributed by atoms with Crippen molar-refractivity contribution in [3.8, 4) is 23.0 Å². The van der Waals surface area contributed by atoms with Gasteiger partial charge in [-0.3, -0.25) is 4.79 Å². The largest absolute Gasteiger partial charge is 0.497 e. The predicted molar refractivity (Wildman–Crippen MR) is 124 cm³/mol. The molecule has 0 bridgehead atoms. The molecule has 7 heteroatoms. The van der Waals surface area contributed by atoms with Gasteiger partial charge in [0.05, 0.1) is 7.11 Å². The highest BCUT2D eigenvalue weighted by Gasteiger charge is 2.29. The van der Waals surface area contributed by atoms with Gasteiger partial charge in [-0.2, -0.15) is 0 Å². The molecule has 2 N–H and O–H groups in total. The van der Waals surface area contributed by atoms with E-state index in [-0.39, 0.29) is 5.91 Å². The van der Waals surface area contributed by atoms with Gasteiger partial charge in [-0.1, -0.05) is 18.2 Å². The lowest BCUT2D eigenvalue weighted by Gasteiger charge is -2.23. The Hall–Kier alpha value is -4.00.